The SMILES string of the molecule is N#Cc1ccc(C(=O)NCc2cc(CCl)no2)cc1. The molecule has 6 heteroatoms. The predicted molar refractivity (Wildman–Crippen MR) is 68.4 cm³/mol. The number of alkyl halides is 1. The van der Waals surface area contributed by atoms with Gasteiger partial charge in [-0.25, -0.2) is 0 Å². The Morgan fingerprint density at radius 3 is 2.74 bits per heavy atom. The molecule has 1 aromatic carbocycles. The molecule has 2 rings (SSSR count). The van der Waals surface area contributed by atoms with E-state index in [-0.39, 0.29) is 18.3 Å². The van der Waals surface area contributed by atoms with Gasteiger partial charge in [0.2, 0.25) is 0 Å². The minimum Gasteiger partial charge on any atom is -0.359 e. The number of amides is 1. The largest absolute Gasteiger partial charge is 0.359 e. The molecule has 0 aliphatic carbocycles. The van der Waals surface area contributed by atoms with Crippen LogP contribution in [0.4, 0.5) is 0 Å². The molecule has 0 unspecified atom stereocenters. The quantitative estimate of drug-likeness (QED) is 0.868. The summed E-state index contributed by atoms with van der Waals surface area (Å²) < 4.78 is 4.99. The van der Waals surface area contributed by atoms with Crippen LogP contribution in [0, 0.1) is 11.3 Å². The molecule has 96 valence electrons. The number of nitriles is 1. The Hall–Kier alpha value is -2.32. The maximum atomic E-state index is 11.8. The number of hydrogen-bond donors (Lipinski definition) is 1. The number of carbonyl (C=O) groups is 1. The van der Waals surface area contributed by atoms with Gasteiger partial charge < -0.3 is 9.84 Å². The van der Waals surface area contributed by atoms with Crippen molar-refractivity contribution in [2.75, 3.05) is 0 Å². The van der Waals surface area contributed by atoms with Gasteiger partial charge in [-0.3, -0.25) is 4.79 Å². The van der Waals surface area contributed by atoms with Crippen molar-refractivity contribution in [1.82, 2.24) is 10.5 Å². The number of aromatic nitrogens is 1. The van der Waals surface area contributed by atoms with Crippen LogP contribution in [0.15, 0.2) is 34.9 Å². The highest BCUT2D eigenvalue weighted by Gasteiger charge is 2.08. The maximum Gasteiger partial charge on any atom is 0.251 e. The van der Waals surface area contributed by atoms with Crippen molar-refractivity contribution in [2.45, 2.75) is 12.4 Å². The van der Waals surface area contributed by atoms with E-state index < -0.39 is 0 Å². The molecule has 0 aliphatic heterocycles. The Morgan fingerprint density at radius 2 is 2.16 bits per heavy atom. The van der Waals surface area contributed by atoms with Crippen LogP contribution in [0.25, 0.3) is 0 Å². The Bertz CT molecular complexity index is 614. The second kappa shape index (κ2) is 6.03. The van der Waals surface area contributed by atoms with Crippen molar-refractivity contribution in [2.24, 2.45) is 0 Å². The number of halogens is 1. The Labute approximate surface area is 114 Å². The summed E-state index contributed by atoms with van der Waals surface area (Å²) >= 11 is 5.59. The molecule has 1 heterocycles. The zero-order chi connectivity index (χ0) is 13.7. The highest BCUT2D eigenvalue weighted by molar-refractivity contribution is 6.16. The maximum absolute atomic E-state index is 11.8. The Morgan fingerprint density at radius 1 is 1.42 bits per heavy atom. The molecular formula is C13H10ClN3O2. The number of carbonyl (C=O) groups excluding carboxylic acids is 1. The molecular weight excluding hydrogens is 266 g/mol. The second-order valence-corrected chi connectivity index (χ2v) is 4.06. The normalized spacial score (nSPS) is 9.89. The lowest BCUT2D eigenvalue weighted by atomic mass is 10.1. The first-order chi connectivity index (χ1) is 9.22. The standard InChI is InChI=1S/C13H10ClN3O2/c14-6-11-5-12(19-17-11)8-16-13(18)10-3-1-9(7-15)2-4-10/h1-5H,6,8H2,(H,16,18). The molecule has 0 saturated carbocycles. The molecule has 0 fully saturated rings. The summed E-state index contributed by atoms with van der Waals surface area (Å²) in [6, 6.07) is 10.1. The van der Waals surface area contributed by atoms with Crippen LogP contribution < -0.4 is 5.32 Å². The monoisotopic (exact) mass is 275 g/mol. The summed E-state index contributed by atoms with van der Waals surface area (Å²) in [6.45, 7) is 0.239. The van der Waals surface area contributed by atoms with Crippen molar-refractivity contribution in [3.05, 3.63) is 52.9 Å². The molecule has 0 aliphatic rings. The Balaban J connectivity index is 1.95. The van der Waals surface area contributed by atoms with E-state index in [0.717, 1.165) is 0 Å². The summed E-state index contributed by atoms with van der Waals surface area (Å²) in [7, 11) is 0. The lowest BCUT2D eigenvalue weighted by molar-refractivity contribution is 0.0947. The topological polar surface area (TPSA) is 78.9 Å². The lowest BCUT2D eigenvalue weighted by Gasteiger charge is -2.02. The van der Waals surface area contributed by atoms with Crippen molar-refractivity contribution >= 4 is 17.5 Å². The first kappa shape index (κ1) is 13.1. The Kier molecular flexibility index (Phi) is 4.16. The second-order valence-electron chi connectivity index (χ2n) is 3.79. The smallest absolute Gasteiger partial charge is 0.251 e. The average molecular weight is 276 g/mol. The number of nitrogens with one attached hydrogen (secondary N) is 1. The van der Waals surface area contributed by atoms with E-state index in [4.69, 9.17) is 21.4 Å². The van der Waals surface area contributed by atoms with Crippen LogP contribution >= 0.6 is 11.6 Å². The van der Waals surface area contributed by atoms with Crippen molar-refractivity contribution in [1.29, 1.82) is 5.26 Å². The molecule has 0 spiro atoms. The first-order valence-electron chi connectivity index (χ1n) is 5.51. The molecule has 1 N–H and O–H groups in total. The molecule has 0 bridgehead atoms. The molecule has 2 aromatic rings. The third-order valence-electron chi connectivity index (χ3n) is 2.44. The summed E-state index contributed by atoms with van der Waals surface area (Å²) in [5.41, 5.74) is 1.62. The van der Waals surface area contributed by atoms with Crippen LogP contribution in [0.2, 0.25) is 0 Å². The fourth-order valence-corrected chi connectivity index (χ4v) is 1.59. The molecule has 5 nitrogen and oxygen atoms in total. The number of rotatable bonds is 4. The zero-order valence-corrected chi connectivity index (χ0v) is 10.6. The van der Waals surface area contributed by atoms with Crippen LogP contribution in [-0.4, -0.2) is 11.1 Å². The minimum absolute atomic E-state index is 0.239. The third kappa shape index (κ3) is 3.33. The lowest BCUT2D eigenvalue weighted by Crippen LogP contribution is -2.22. The highest BCUT2D eigenvalue weighted by atomic mass is 35.5. The summed E-state index contributed by atoms with van der Waals surface area (Å²) in [4.78, 5) is 11.8. The van der Waals surface area contributed by atoms with E-state index >= 15 is 0 Å². The van der Waals surface area contributed by atoms with E-state index in [1.54, 1.807) is 30.3 Å². The highest BCUT2D eigenvalue weighted by Crippen LogP contribution is 2.07. The average Bonchev–Trinajstić information content (AvgIpc) is 2.93. The van der Waals surface area contributed by atoms with Gasteiger partial charge in [0.25, 0.3) is 5.91 Å². The molecule has 19 heavy (non-hydrogen) atoms. The number of hydrogen-bond acceptors (Lipinski definition) is 4. The zero-order valence-electron chi connectivity index (χ0n) is 9.89. The van der Waals surface area contributed by atoms with Gasteiger partial charge in [0, 0.05) is 11.6 Å². The van der Waals surface area contributed by atoms with Gasteiger partial charge in [0.15, 0.2) is 5.76 Å². The van der Waals surface area contributed by atoms with Gasteiger partial charge in [-0.1, -0.05) is 5.16 Å². The van der Waals surface area contributed by atoms with Crippen molar-refractivity contribution < 1.29 is 9.32 Å². The third-order valence-corrected chi connectivity index (χ3v) is 2.72. The first-order valence-corrected chi connectivity index (χ1v) is 6.05. The fourth-order valence-electron chi connectivity index (χ4n) is 1.47. The van der Waals surface area contributed by atoms with Gasteiger partial charge in [-0.15, -0.1) is 11.6 Å². The number of benzene rings is 1. The summed E-state index contributed by atoms with van der Waals surface area (Å²) in [6.07, 6.45) is 0. The van der Waals surface area contributed by atoms with Gasteiger partial charge in [0.1, 0.15) is 0 Å². The van der Waals surface area contributed by atoms with Crippen molar-refractivity contribution in [3.63, 3.8) is 0 Å². The molecule has 0 atom stereocenters. The van der Waals surface area contributed by atoms with Gasteiger partial charge in [0.05, 0.1) is 29.8 Å². The molecule has 1 aromatic heterocycles. The van der Waals surface area contributed by atoms with E-state index in [0.29, 0.717) is 22.6 Å². The molecule has 0 saturated heterocycles. The van der Waals surface area contributed by atoms with E-state index in [9.17, 15) is 4.79 Å². The predicted octanol–water partition coefficient (Wildman–Crippen LogP) is 2.22. The minimum atomic E-state index is -0.242. The van der Waals surface area contributed by atoms with E-state index in [1.165, 1.54) is 0 Å². The molecule has 1 amide bonds. The fraction of sp³-hybridized carbons (Fsp3) is 0.154. The van der Waals surface area contributed by atoms with E-state index in [1.807, 2.05) is 6.07 Å². The van der Waals surface area contributed by atoms with Crippen molar-refractivity contribution in [3.8, 4) is 6.07 Å². The van der Waals surface area contributed by atoms with Gasteiger partial charge in [-0.05, 0) is 24.3 Å². The number of nitrogens with zero attached hydrogens (tertiary/aromatic N) is 2. The van der Waals surface area contributed by atoms with Gasteiger partial charge >= 0.3 is 0 Å². The van der Waals surface area contributed by atoms with E-state index in [2.05, 4.69) is 10.5 Å². The van der Waals surface area contributed by atoms with Crippen LogP contribution in [0.5, 0.6) is 0 Å². The molecule has 0 radical (unpaired) electrons. The van der Waals surface area contributed by atoms with Crippen LogP contribution in [0.1, 0.15) is 27.4 Å². The van der Waals surface area contributed by atoms with Crippen LogP contribution in [-0.2, 0) is 12.4 Å². The summed E-state index contributed by atoms with van der Waals surface area (Å²) in [5.74, 6) is 0.568. The summed E-state index contributed by atoms with van der Waals surface area (Å²) in [5, 5.41) is 15.1. The van der Waals surface area contributed by atoms with Crippen LogP contribution in [0.3, 0.4) is 0 Å². The van der Waals surface area contributed by atoms with Gasteiger partial charge in [-0.2, -0.15) is 5.26 Å².